The number of halogens is 2. The molecule has 0 saturated carbocycles. The number of rotatable bonds is 8. The Kier molecular flexibility index (Phi) is 6.33. The Labute approximate surface area is 154 Å². The predicted molar refractivity (Wildman–Crippen MR) is 92.6 cm³/mol. The van der Waals surface area contributed by atoms with E-state index in [0.717, 1.165) is 12.1 Å². The molecule has 0 aliphatic carbocycles. The van der Waals surface area contributed by atoms with Crippen LogP contribution in [0.3, 0.4) is 0 Å². The molecule has 6 nitrogen and oxygen atoms in total. The van der Waals surface area contributed by atoms with Gasteiger partial charge in [-0.05, 0) is 62.4 Å². The molecule has 0 aliphatic heterocycles. The number of hydrogen-bond acceptors (Lipinski definition) is 4. The van der Waals surface area contributed by atoms with E-state index in [9.17, 15) is 23.5 Å². The van der Waals surface area contributed by atoms with Gasteiger partial charge in [-0.15, -0.1) is 0 Å². The van der Waals surface area contributed by atoms with Gasteiger partial charge in [0.2, 0.25) is 6.10 Å². The summed E-state index contributed by atoms with van der Waals surface area (Å²) < 4.78 is 36.6. The molecule has 0 aromatic heterocycles. The molecule has 1 amide bonds. The molecule has 2 rings (SSSR count). The molecule has 144 valence electrons. The van der Waals surface area contributed by atoms with Crippen LogP contribution in [0, 0.1) is 11.6 Å². The molecule has 0 fully saturated rings. The van der Waals surface area contributed by atoms with Crippen molar-refractivity contribution >= 4 is 11.9 Å². The molecule has 0 saturated heterocycles. The maximum absolute atomic E-state index is 12.9. The zero-order valence-corrected chi connectivity index (χ0v) is 14.7. The van der Waals surface area contributed by atoms with Crippen molar-refractivity contribution in [2.75, 3.05) is 6.54 Å². The van der Waals surface area contributed by atoms with Crippen LogP contribution in [0.2, 0.25) is 0 Å². The maximum atomic E-state index is 12.9. The normalized spacial score (nSPS) is 12.1. The van der Waals surface area contributed by atoms with Gasteiger partial charge in [0, 0.05) is 0 Å². The van der Waals surface area contributed by atoms with Crippen LogP contribution < -0.4 is 14.8 Å². The Morgan fingerprint density at radius 1 is 1.00 bits per heavy atom. The monoisotopic (exact) mass is 379 g/mol. The van der Waals surface area contributed by atoms with Crippen LogP contribution in [0.4, 0.5) is 8.78 Å². The average Bonchev–Trinajstić information content (AvgIpc) is 2.61. The van der Waals surface area contributed by atoms with Crippen LogP contribution in [0.25, 0.3) is 0 Å². The summed E-state index contributed by atoms with van der Waals surface area (Å²) in [6.45, 7) is 2.65. The van der Waals surface area contributed by atoms with E-state index in [-0.39, 0.29) is 18.0 Å². The van der Waals surface area contributed by atoms with Crippen molar-refractivity contribution in [1.82, 2.24) is 5.32 Å². The minimum atomic E-state index is -1.37. The van der Waals surface area contributed by atoms with Crippen LogP contribution in [0.1, 0.15) is 13.8 Å². The third kappa shape index (κ3) is 5.95. The second-order valence-electron chi connectivity index (χ2n) is 6.17. The number of aliphatic carboxylic acids is 1. The first-order valence-corrected chi connectivity index (χ1v) is 8.05. The van der Waals surface area contributed by atoms with E-state index in [0.29, 0.717) is 0 Å². The van der Waals surface area contributed by atoms with Crippen LogP contribution in [-0.4, -0.2) is 35.2 Å². The van der Waals surface area contributed by atoms with Crippen LogP contribution in [-0.2, 0) is 9.59 Å². The van der Waals surface area contributed by atoms with Gasteiger partial charge >= 0.3 is 5.97 Å². The van der Waals surface area contributed by atoms with Gasteiger partial charge in [0.15, 0.2) is 5.60 Å². The fourth-order valence-corrected chi connectivity index (χ4v) is 2.10. The SMILES string of the molecule is CC(C)(Oc1ccc(F)cc1)C(=O)NCC(Oc1ccc(F)cc1)C(=O)O. The quantitative estimate of drug-likeness (QED) is 0.737. The number of amides is 1. The predicted octanol–water partition coefficient (Wildman–Crippen LogP) is 2.77. The van der Waals surface area contributed by atoms with Gasteiger partial charge in [0.05, 0.1) is 6.54 Å². The van der Waals surface area contributed by atoms with Crippen molar-refractivity contribution in [2.24, 2.45) is 0 Å². The lowest BCUT2D eigenvalue weighted by molar-refractivity contribution is -0.145. The zero-order chi connectivity index (χ0) is 20.0. The summed E-state index contributed by atoms with van der Waals surface area (Å²) in [4.78, 5) is 23.7. The maximum Gasteiger partial charge on any atom is 0.346 e. The second kappa shape index (κ2) is 8.48. The number of carbonyl (C=O) groups excluding carboxylic acids is 1. The number of hydrogen-bond donors (Lipinski definition) is 2. The molecular weight excluding hydrogens is 360 g/mol. The minimum absolute atomic E-state index is 0.153. The van der Waals surface area contributed by atoms with Crippen LogP contribution in [0.15, 0.2) is 48.5 Å². The number of carbonyl (C=O) groups is 2. The van der Waals surface area contributed by atoms with E-state index >= 15 is 0 Å². The van der Waals surface area contributed by atoms with Gasteiger partial charge in [-0.25, -0.2) is 13.6 Å². The topological polar surface area (TPSA) is 84.9 Å². The van der Waals surface area contributed by atoms with Crippen molar-refractivity contribution in [3.05, 3.63) is 60.2 Å². The third-order valence-corrected chi connectivity index (χ3v) is 3.55. The molecule has 8 heteroatoms. The van der Waals surface area contributed by atoms with Gasteiger partial charge in [-0.2, -0.15) is 0 Å². The van der Waals surface area contributed by atoms with Crippen molar-refractivity contribution in [2.45, 2.75) is 25.6 Å². The van der Waals surface area contributed by atoms with E-state index in [2.05, 4.69) is 5.32 Å². The average molecular weight is 379 g/mol. The summed E-state index contributed by atoms with van der Waals surface area (Å²) in [5.41, 5.74) is -1.34. The van der Waals surface area contributed by atoms with E-state index in [1.165, 1.54) is 50.2 Å². The Morgan fingerprint density at radius 2 is 1.48 bits per heavy atom. The first-order chi connectivity index (χ1) is 12.7. The summed E-state index contributed by atoms with van der Waals surface area (Å²) in [6.07, 6.45) is -1.37. The second-order valence-corrected chi connectivity index (χ2v) is 6.17. The summed E-state index contributed by atoms with van der Waals surface area (Å²) in [7, 11) is 0. The van der Waals surface area contributed by atoms with Crippen LogP contribution in [0.5, 0.6) is 11.5 Å². The molecule has 0 aliphatic rings. The van der Waals surface area contributed by atoms with Gasteiger partial charge in [0.1, 0.15) is 23.1 Å². The largest absolute Gasteiger partial charge is 0.478 e. The molecule has 2 aromatic carbocycles. The van der Waals surface area contributed by atoms with Gasteiger partial charge in [0.25, 0.3) is 5.91 Å². The molecule has 0 spiro atoms. The standard InChI is InChI=1S/C19H19F2NO5/c1-19(2,27-15-9-5-13(21)6-10-15)18(25)22-11-16(17(23)24)26-14-7-3-12(20)4-8-14/h3-10,16H,11H2,1-2H3,(H,22,25)(H,23,24). The number of benzene rings is 2. The fourth-order valence-electron chi connectivity index (χ4n) is 2.10. The van der Waals surface area contributed by atoms with Crippen molar-refractivity contribution in [3.8, 4) is 11.5 Å². The zero-order valence-electron chi connectivity index (χ0n) is 14.7. The van der Waals surface area contributed by atoms with E-state index in [1.807, 2.05) is 0 Å². The lowest BCUT2D eigenvalue weighted by Gasteiger charge is -2.26. The van der Waals surface area contributed by atoms with E-state index in [4.69, 9.17) is 9.47 Å². The first-order valence-electron chi connectivity index (χ1n) is 8.05. The Bertz CT molecular complexity index is 791. The molecule has 0 heterocycles. The summed E-state index contributed by atoms with van der Waals surface area (Å²) in [5, 5.41) is 11.7. The number of carboxylic acid groups (broad SMARTS) is 1. The lowest BCUT2D eigenvalue weighted by Crippen LogP contribution is -2.50. The highest BCUT2D eigenvalue weighted by molar-refractivity contribution is 5.85. The highest BCUT2D eigenvalue weighted by atomic mass is 19.1. The molecule has 2 N–H and O–H groups in total. The molecular formula is C19H19F2NO5. The fraction of sp³-hybridized carbons (Fsp3) is 0.263. The molecule has 0 radical (unpaired) electrons. The molecule has 0 bridgehead atoms. The van der Waals surface area contributed by atoms with E-state index in [1.54, 1.807) is 0 Å². The minimum Gasteiger partial charge on any atom is -0.478 e. The first kappa shape index (κ1) is 20.2. The van der Waals surface area contributed by atoms with Crippen LogP contribution >= 0.6 is 0 Å². The van der Waals surface area contributed by atoms with Crippen molar-refractivity contribution in [1.29, 1.82) is 0 Å². The van der Waals surface area contributed by atoms with Crippen molar-refractivity contribution < 1.29 is 33.0 Å². The van der Waals surface area contributed by atoms with E-state index < -0.39 is 35.2 Å². The molecule has 27 heavy (non-hydrogen) atoms. The molecule has 2 aromatic rings. The van der Waals surface area contributed by atoms with Crippen molar-refractivity contribution in [3.63, 3.8) is 0 Å². The molecule has 1 unspecified atom stereocenters. The number of carboxylic acids is 1. The third-order valence-electron chi connectivity index (χ3n) is 3.55. The summed E-state index contributed by atoms with van der Waals surface area (Å²) in [6, 6.07) is 9.98. The van der Waals surface area contributed by atoms with Gasteiger partial charge < -0.3 is 19.9 Å². The van der Waals surface area contributed by atoms with Gasteiger partial charge in [-0.3, -0.25) is 4.79 Å². The smallest absolute Gasteiger partial charge is 0.346 e. The molecule has 1 atom stereocenters. The Balaban J connectivity index is 1.96. The van der Waals surface area contributed by atoms with Gasteiger partial charge in [-0.1, -0.05) is 0 Å². The summed E-state index contributed by atoms with van der Waals surface area (Å²) >= 11 is 0. The number of ether oxygens (including phenoxy) is 2. The summed E-state index contributed by atoms with van der Waals surface area (Å²) in [5.74, 6) is -2.36. The Morgan fingerprint density at radius 3 is 1.96 bits per heavy atom. The Hall–Kier alpha value is -3.16. The lowest BCUT2D eigenvalue weighted by atomic mass is 10.1. The highest BCUT2D eigenvalue weighted by Crippen LogP contribution is 2.19. The highest BCUT2D eigenvalue weighted by Gasteiger charge is 2.31. The number of nitrogens with one attached hydrogen (secondary N) is 1.